The van der Waals surface area contributed by atoms with Crippen molar-refractivity contribution in [2.75, 3.05) is 0 Å². The zero-order valence-electron chi connectivity index (χ0n) is 18.0. The van der Waals surface area contributed by atoms with E-state index < -0.39 is 17.7 Å². The average Bonchev–Trinajstić information content (AvgIpc) is 3.47. The lowest BCUT2D eigenvalue weighted by atomic mass is 9.72. The van der Waals surface area contributed by atoms with E-state index in [1.807, 2.05) is 18.4 Å². The lowest BCUT2D eigenvalue weighted by molar-refractivity contribution is -0.144. The van der Waals surface area contributed by atoms with Gasteiger partial charge in [-0.15, -0.1) is 11.3 Å². The summed E-state index contributed by atoms with van der Waals surface area (Å²) in [6.07, 6.45) is 4.71. The molecule has 2 aliphatic carbocycles. The highest BCUT2D eigenvalue weighted by Crippen LogP contribution is 2.47. The smallest absolute Gasteiger partial charge is 0.337 e. The van der Waals surface area contributed by atoms with Gasteiger partial charge >= 0.3 is 5.97 Å². The second-order valence-corrected chi connectivity index (χ2v) is 9.85. The molecule has 2 heterocycles. The Bertz CT molecular complexity index is 1110. The summed E-state index contributed by atoms with van der Waals surface area (Å²) in [7, 11) is 0. The highest BCUT2D eigenvalue weighted by atomic mass is 32.1. The summed E-state index contributed by atoms with van der Waals surface area (Å²) in [4.78, 5) is 27.9. The number of nitrogens with one attached hydrogen (secondary N) is 1. The van der Waals surface area contributed by atoms with Crippen molar-refractivity contribution in [2.24, 2.45) is 0 Å². The number of rotatable bonds is 4. The molecule has 1 aromatic carbocycles. The van der Waals surface area contributed by atoms with Crippen LogP contribution in [-0.4, -0.2) is 17.9 Å². The van der Waals surface area contributed by atoms with Crippen molar-refractivity contribution in [2.45, 2.75) is 63.4 Å². The van der Waals surface area contributed by atoms with Gasteiger partial charge in [0.2, 0.25) is 0 Å². The molecule has 1 saturated carbocycles. The number of halogens is 1. The normalized spacial score (nSPS) is 23.9. The number of hydrogen-bond donors (Lipinski definition) is 1. The van der Waals surface area contributed by atoms with Crippen LogP contribution in [0.25, 0.3) is 0 Å². The Kier molecular flexibility index (Phi) is 5.72. The molecule has 0 amide bonds. The predicted molar refractivity (Wildman–Crippen MR) is 122 cm³/mol. The van der Waals surface area contributed by atoms with Crippen molar-refractivity contribution in [3.05, 3.63) is 80.6 Å². The van der Waals surface area contributed by atoms with Gasteiger partial charge in [-0.25, -0.2) is 9.18 Å². The molecule has 1 N–H and O–H groups in total. The number of carbonyl (C=O) groups is 2. The van der Waals surface area contributed by atoms with Crippen LogP contribution in [0.3, 0.4) is 0 Å². The van der Waals surface area contributed by atoms with E-state index in [0.717, 1.165) is 31.4 Å². The van der Waals surface area contributed by atoms with E-state index in [1.54, 1.807) is 29.5 Å². The molecule has 0 unspecified atom stereocenters. The summed E-state index contributed by atoms with van der Waals surface area (Å²) in [5.74, 6) is -1.56. The molecule has 2 aromatic rings. The number of Topliss-reactive ketones (excluding diaryl/α,β-unsaturated/α-hetero) is 1. The monoisotopic (exact) mass is 451 g/mol. The number of ketones is 1. The molecule has 32 heavy (non-hydrogen) atoms. The first kappa shape index (κ1) is 21.1. The maximum atomic E-state index is 15.0. The molecule has 0 radical (unpaired) electrons. The minimum absolute atomic E-state index is 0.0379. The van der Waals surface area contributed by atoms with Crippen molar-refractivity contribution in [1.29, 1.82) is 0 Å². The van der Waals surface area contributed by atoms with Gasteiger partial charge in [0.15, 0.2) is 5.78 Å². The van der Waals surface area contributed by atoms with Gasteiger partial charge in [-0.1, -0.05) is 24.3 Å². The van der Waals surface area contributed by atoms with Crippen LogP contribution >= 0.6 is 11.3 Å². The Hall–Kier alpha value is -2.73. The van der Waals surface area contributed by atoms with Crippen molar-refractivity contribution in [3.8, 4) is 0 Å². The number of dihydropyridines is 1. The summed E-state index contributed by atoms with van der Waals surface area (Å²) < 4.78 is 20.8. The largest absolute Gasteiger partial charge is 0.459 e. The molecule has 4 nitrogen and oxygen atoms in total. The van der Waals surface area contributed by atoms with Crippen LogP contribution in [0.15, 0.2) is 64.3 Å². The van der Waals surface area contributed by atoms with E-state index in [2.05, 4.69) is 11.4 Å². The molecule has 166 valence electrons. The van der Waals surface area contributed by atoms with Crippen molar-refractivity contribution in [3.63, 3.8) is 0 Å². The van der Waals surface area contributed by atoms with Gasteiger partial charge in [0.05, 0.1) is 11.5 Å². The maximum absolute atomic E-state index is 15.0. The summed E-state index contributed by atoms with van der Waals surface area (Å²) in [6.45, 7) is 1.82. The third-order valence-corrected chi connectivity index (χ3v) is 7.82. The fraction of sp³-hybridized carbons (Fsp3) is 0.385. The summed E-state index contributed by atoms with van der Waals surface area (Å²) in [5, 5.41) is 5.35. The van der Waals surface area contributed by atoms with E-state index in [9.17, 15) is 9.59 Å². The first-order chi connectivity index (χ1) is 15.5. The Morgan fingerprint density at radius 3 is 2.62 bits per heavy atom. The summed E-state index contributed by atoms with van der Waals surface area (Å²) in [6, 6.07) is 10.5. The van der Waals surface area contributed by atoms with E-state index in [0.29, 0.717) is 35.2 Å². The molecule has 0 saturated heterocycles. The molecular weight excluding hydrogens is 425 g/mol. The number of ether oxygens (including phenoxy) is 1. The molecule has 1 fully saturated rings. The van der Waals surface area contributed by atoms with Crippen LogP contribution in [0.1, 0.15) is 67.7 Å². The minimum atomic E-state index is -0.752. The topological polar surface area (TPSA) is 55.4 Å². The third kappa shape index (κ3) is 3.81. The SMILES string of the molecule is CC1=C(C(=O)OC2CCCC2)[C@@H](c2ccccc2F)C2=C(C[C@H](c3cccs3)CC2=O)N1. The number of hydrogen-bond acceptors (Lipinski definition) is 5. The van der Waals surface area contributed by atoms with Crippen molar-refractivity contribution >= 4 is 23.1 Å². The maximum Gasteiger partial charge on any atom is 0.337 e. The first-order valence-electron chi connectivity index (χ1n) is 11.3. The number of carbonyl (C=O) groups excluding carboxylic acids is 2. The number of benzene rings is 1. The lowest BCUT2D eigenvalue weighted by Gasteiger charge is -2.36. The Labute approximate surface area is 191 Å². The zero-order valence-corrected chi connectivity index (χ0v) is 18.8. The Balaban J connectivity index is 1.56. The van der Waals surface area contributed by atoms with Gasteiger partial charge < -0.3 is 10.1 Å². The number of thiophene rings is 1. The zero-order chi connectivity index (χ0) is 22.2. The Morgan fingerprint density at radius 1 is 1.12 bits per heavy atom. The van der Waals surface area contributed by atoms with Gasteiger partial charge in [-0.2, -0.15) is 0 Å². The first-order valence-corrected chi connectivity index (χ1v) is 12.1. The van der Waals surface area contributed by atoms with Crippen molar-refractivity contribution < 1.29 is 18.7 Å². The molecule has 3 aliphatic rings. The average molecular weight is 452 g/mol. The molecular formula is C26H26FNO3S. The van der Waals surface area contributed by atoms with Crippen LogP contribution in [-0.2, 0) is 14.3 Å². The van der Waals surface area contributed by atoms with E-state index in [-0.39, 0.29) is 17.8 Å². The van der Waals surface area contributed by atoms with Crippen LogP contribution in [0.2, 0.25) is 0 Å². The van der Waals surface area contributed by atoms with E-state index >= 15 is 4.39 Å². The highest BCUT2D eigenvalue weighted by Gasteiger charge is 2.42. The second kappa shape index (κ2) is 8.66. The summed E-state index contributed by atoms with van der Waals surface area (Å²) >= 11 is 1.65. The van der Waals surface area contributed by atoms with Crippen LogP contribution in [0.5, 0.6) is 0 Å². The highest BCUT2D eigenvalue weighted by molar-refractivity contribution is 7.10. The van der Waals surface area contributed by atoms with Gasteiger partial charge in [-0.05, 0) is 56.5 Å². The van der Waals surface area contributed by atoms with Gasteiger partial charge in [0.1, 0.15) is 11.9 Å². The third-order valence-electron chi connectivity index (χ3n) is 6.79. The standard InChI is InChI=1S/C26H26FNO3S/c1-15-23(26(30)31-17-7-2-3-8-17)24(18-9-4-5-10-19(18)27)25-20(28-15)13-16(14-21(25)29)22-11-6-12-32-22/h4-6,9-12,16-17,24,28H,2-3,7-8,13-14H2,1H3/t16-,24+/m0/s1. The predicted octanol–water partition coefficient (Wildman–Crippen LogP) is 5.73. The van der Waals surface area contributed by atoms with Crippen molar-refractivity contribution in [1.82, 2.24) is 5.32 Å². The molecule has 0 spiro atoms. The molecule has 0 bridgehead atoms. The molecule has 6 heteroatoms. The molecule has 1 aromatic heterocycles. The van der Waals surface area contributed by atoms with Crippen LogP contribution in [0.4, 0.5) is 4.39 Å². The minimum Gasteiger partial charge on any atom is -0.459 e. The second-order valence-electron chi connectivity index (χ2n) is 8.87. The lowest BCUT2D eigenvalue weighted by Crippen LogP contribution is -2.36. The number of esters is 1. The fourth-order valence-corrected chi connectivity index (χ4v) is 6.11. The summed E-state index contributed by atoms with van der Waals surface area (Å²) in [5.41, 5.74) is 2.64. The van der Waals surface area contributed by atoms with Gasteiger partial charge in [0.25, 0.3) is 0 Å². The van der Waals surface area contributed by atoms with Gasteiger partial charge in [-0.3, -0.25) is 4.79 Å². The van der Waals surface area contributed by atoms with Gasteiger partial charge in [0, 0.05) is 39.7 Å². The van der Waals surface area contributed by atoms with Crippen LogP contribution in [0, 0.1) is 5.82 Å². The molecule has 1 aliphatic heterocycles. The molecule has 2 atom stereocenters. The van der Waals surface area contributed by atoms with E-state index in [4.69, 9.17) is 4.74 Å². The molecule has 5 rings (SSSR count). The Morgan fingerprint density at radius 2 is 1.91 bits per heavy atom. The number of allylic oxidation sites excluding steroid dienone is 3. The quantitative estimate of drug-likeness (QED) is 0.603. The van der Waals surface area contributed by atoms with E-state index in [1.165, 1.54) is 10.9 Å². The van der Waals surface area contributed by atoms with Crippen LogP contribution < -0.4 is 5.32 Å². The fourth-order valence-electron chi connectivity index (χ4n) is 5.28.